The SMILES string of the molecule is Cc1nnc(N(CCO)C(C)C)c(C#N)c1C. The summed E-state index contributed by atoms with van der Waals surface area (Å²) in [4.78, 5) is 1.89. The van der Waals surface area contributed by atoms with E-state index in [0.29, 0.717) is 17.9 Å². The number of nitrogens with zero attached hydrogens (tertiary/aromatic N) is 4. The van der Waals surface area contributed by atoms with Crippen molar-refractivity contribution in [2.75, 3.05) is 18.1 Å². The first kappa shape index (κ1) is 13.4. The third-order valence-corrected chi connectivity index (χ3v) is 2.78. The summed E-state index contributed by atoms with van der Waals surface area (Å²) >= 11 is 0. The Morgan fingerprint density at radius 3 is 2.47 bits per heavy atom. The van der Waals surface area contributed by atoms with Gasteiger partial charge in [0.05, 0.1) is 12.3 Å². The molecule has 0 atom stereocenters. The van der Waals surface area contributed by atoms with Crippen molar-refractivity contribution >= 4 is 5.82 Å². The van der Waals surface area contributed by atoms with E-state index in [2.05, 4.69) is 16.3 Å². The van der Waals surface area contributed by atoms with Gasteiger partial charge in [0.15, 0.2) is 5.82 Å². The number of aromatic nitrogens is 2. The molecule has 1 N–H and O–H groups in total. The zero-order chi connectivity index (χ0) is 13.0. The summed E-state index contributed by atoms with van der Waals surface area (Å²) in [5.74, 6) is 0.555. The van der Waals surface area contributed by atoms with E-state index in [1.807, 2.05) is 32.6 Å². The van der Waals surface area contributed by atoms with Crippen LogP contribution in [0.3, 0.4) is 0 Å². The molecule has 0 aliphatic rings. The average Bonchev–Trinajstić information content (AvgIpc) is 2.29. The largest absolute Gasteiger partial charge is 0.395 e. The van der Waals surface area contributed by atoms with Crippen molar-refractivity contribution in [3.8, 4) is 6.07 Å². The van der Waals surface area contributed by atoms with E-state index < -0.39 is 0 Å². The second-order valence-electron chi connectivity index (χ2n) is 4.23. The van der Waals surface area contributed by atoms with Gasteiger partial charge in [-0.15, -0.1) is 5.10 Å². The lowest BCUT2D eigenvalue weighted by molar-refractivity contribution is 0.298. The summed E-state index contributed by atoms with van der Waals surface area (Å²) in [6, 6.07) is 2.33. The zero-order valence-electron chi connectivity index (χ0n) is 10.7. The molecule has 1 aromatic heterocycles. The molecule has 5 nitrogen and oxygen atoms in total. The van der Waals surface area contributed by atoms with Gasteiger partial charge in [0.2, 0.25) is 0 Å². The molecule has 0 bridgehead atoms. The average molecular weight is 234 g/mol. The Labute approximate surface area is 102 Å². The zero-order valence-corrected chi connectivity index (χ0v) is 10.7. The van der Waals surface area contributed by atoms with E-state index in [-0.39, 0.29) is 12.6 Å². The highest BCUT2D eigenvalue weighted by molar-refractivity contribution is 5.57. The molecule has 17 heavy (non-hydrogen) atoms. The van der Waals surface area contributed by atoms with Crippen molar-refractivity contribution in [1.82, 2.24) is 10.2 Å². The van der Waals surface area contributed by atoms with Crippen LogP contribution in [0, 0.1) is 25.2 Å². The number of nitriles is 1. The van der Waals surface area contributed by atoms with Crippen LogP contribution in [0.25, 0.3) is 0 Å². The number of aliphatic hydroxyl groups excluding tert-OH is 1. The Kier molecular flexibility index (Phi) is 4.41. The van der Waals surface area contributed by atoms with Crippen LogP contribution in [0.4, 0.5) is 5.82 Å². The predicted molar refractivity (Wildman–Crippen MR) is 65.8 cm³/mol. The molecule has 0 fully saturated rings. The Morgan fingerprint density at radius 1 is 1.35 bits per heavy atom. The third kappa shape index (κ3) is 2.71. The van der Waals surface area contributed by atoms with Crippen LogP contribution in [-0.2, 0) is 0 Å². The fourth-order valence-electron chi connectivity index (χ4n) is 1.65. The van der Waals surface area contributed by atoms with Gasteiger partial charge in [-0.25, -0.2) is 0 Å². The Balaban J connectivity index is 3.29. The van der Waals surface area contributed by atoms with Crippen molar-refractivity contribution < 1.29 is 5.11 Å². The van der Waals surface area contributed by atoms with Crippen LogP contribution < -0.4 is 4.90 Å². The predicted octanol–water partition coefficient (Wildman–Crippen LogP) is 1.17. The number of aryl methyl sites for hydroxylation is 1. The fraction of sp³-hybridized carbons (Fsp3) is 0.583. The molecule has 1 aromatic rings. The summed E-state index contributed by atoms with van der Waals surface area (Å²) in [7, 11) is 0. The maximum Gasteiger partial charge on any atom is 0.169 e. The van der Waals surface area contributed by atoms with Gasteiger partial charge in [0.25, 0.3) is 0 Å². The van der Waals surface area contributed by atoms with Crippen molar-refractivity contribution in [1.29, 1.82) is 5.26 Å². The molecule has 0 amide bonds. The van der Waals surface area contributed by atoms with Crippen molar-refractivity contribution in [3.05, 3.63) is 16.8 Å². The van der Waals surface area contributed by atoms with E-state index in [1.54, 1.807) is 0 Å². The highest BCUT2D eigenvalue weighted by Gasteiger charge is 2.19. The molecule has 92 valence electrons. The van der Waals surface area contributed by atoms with Gasteiger partial charge >= 0.3 is 0 Å². The molecule has 0 radical (unpaired) electrons. The topological polar surface area (TPSA) is 73.0 Å². The van der Waals surface area contributed by atoms with Crippen molar-refractivity contribution in [2.24, 2.45) is 0 Å². The monoisotopic (exact) mass is 234 g/mol. The Bertz CT molecular complexity index is 437. The molecule has 0 aromatic carbocycles. The molecular weight excluding hydrogens is 216 g/mol. The van der Waals surface area contributed by atoms with Gasteiger partial charge < -0.3 is 10.0 Å². The van der Waals surface area contributed by atoms with Crippen LogP contribution in [-0.4, -0.2) is 34.5 Å². The molecule has 0 aliphatic carbocycles. The van der Waals surface area contributed by atoms with Crippen LogP contribution in [0.2, 0.25) is 0 Å². The molecule has 1 heterocycles. The highest BCUT2D eigenvalue weighted by atomic mass is 16.3. The number of hydrogen-bond donors (Lipinski definition) is 1. The number of anilines is 1. The lowest BCUT2D eigenvalue weighted by Gasteiger charge is -2.27. The van der Waals surface area contributed by atoms with Crippen LogP contribution in [0.1, 0.15) is 30.7 Å². The maximum atomic E-state index is 9.22. The molecule has 5 heteroatoms. The van der Waals surface area contributed by atoms with Crippen molar-refractivity contribution in [3.63, 3.8) is 0 Å². The lowest BCUT2D eigenvalue weighted by Crippen LogP contribution is -2.35. The van der Waals surface area contributed by atoms with Crippen molar-refractivity contribution in [2.45, 2.75) is 33.7 Å². The van der Waals surface area contributed by atoms with Crippen LogP contribution in [0.5, 0.6) is 0 Å². The van der Waals surface area contributed by atoms with Crippen LogP contribution >= 0.6 is 0 Å². The first-order valence-electron chi connectivity index (χ1n) is 5.64. The van der Waals surface area contributed by atoms with Gasteiger partial charge in [-0.3, -0.25) is 0 Å². The first-order valence-corrected chi connectivity index (χ1v) is 5.64. The molecular formula is C12H18N4O. The Morgan fingerprint density at radius 2 is 2.00 bits per heavy atom. The normalized spacial score (nSPS) is 10.4. The first-order chi connectivity index (χ1) is 8.02. The van der Waals surface area contributed by atoms with Crippen LogP contribution in [0.15, 0.2) is 0 Å². The summed E-state index contributed by atoms with van der Waals surface area (Å²) in [5.41, 5.74) is 2.15. The van der Waals surface area contributed by atoms with E-state index >= 15 is 0 Å². The quantitative estimate of drug-likeness (QED) is 0.846. The lowest BCUT2D eigenvalue weighted by atomic mass is 10.1. The summed E-state index contributed by atoms with van der Waals surface area (Å²) in [5, 5.41) is 26.4. The smallest absolute Gasteiger partial charge is 0.169 e. The maximum absolute atomic E-state index is 9.22. The molecule has 0 saturated carbocycles. The van der Waals surface area contributed by atoms with Gasteiger partial charge in [-0.2, -0.15) is 10.4 Å². The molecule has 0 unspecified atom stereocenters. The van der Waals surface area contributed by atoms with Gasteiger partial charge in [-0.05, 0) is 33.3 Å². The minimum atomic E-state index is 0.0254. The summed E-state index contributed by atoms with van der Waals surface area (Å²) < 4.78 is 0. The molecule has 0 spiro atoms. The Hall–Kier alpha value is -1.67. The number of hydrogen-bond acceptors (Lipinski definition) is 5. The third-order valence-electron chi connectivity index (χ3n) is 2.78. The highest BCUT2D eigenvalue weighted by Crippen LogP contribution is 2.22. The van der Waals surface area contributed by atoms with Gasteiger partial charge in [0.1, 0.15) is 11.6 Å². The summed E-state index contributed by atoms with van der Waals surface area (Å²) in [6.45, 7) is 8.16. The van der Waals surface area contributed by atoms with Gasteiger partial charge in [0, 0.05) is 12.6 Å². The van der Waals surface area contributed by atoms with E-state index in [1.165, 1.54) is 0 Å². The molecule has 0 aliphatic heterocycles. The van der Waals surface area contributed by atoms with Gasteiger partial charge in [-0.1, -0.05) is 0 Å². The fourth-order valence-corrected chi connectivity index (χ4v) is 1.65. The minimum absolute atomic E-state index is 0.0254. The molecule has 1 rings (SSSR count). The standard InChI is InChI=1S/C12H18N4O/c1-8(2)16(5-6-17)12-11(7-13)9(3)10(4)14-15-12/h8,17H,5-6H2,1-4H3. The second kappa shape index (κ2) is 5.60. The second-order valence-corrected chi connectivity index (χ2v) is 4.23. The summed E-state index contributed by atoms with van der Waals surface area (Å²) in [6.07, 6.45) is 0. The van der Waals surface area contributed by atoms with E-state index in [0.717, 1.165) is 11.3 Å². The number of rotatable bonds is 4. The van der Waals surface area contributed by atoms with E-state index in [9.17, 15) is 5.26 Å². The minimum Gasteiger partial charge on any atom is -0.395 e. The van der Waals surface area contributed by atoms with E-state index in [4.69, 9.17) is 5.11 Å². The molecule has 0 saturated heterocycles. The number of aliphatic hydroxyl groups is 1.